The summed E-state index contributed by atoms with van der Waals surface area (Å²) in [5.41, 5.74) is 2.03. The number of thioether (sulfide) groups is 1. The number of halogens is 1. The van der Waals surface area contributed by atoms with E-state index in [0.29, 0.717) is 10.8 Å². The number of benzene rings is 2. The van der Waals surface area contributed by atoms with Gasteiger partial charge in [-0.2, -0.15) is 0 Å². The van der Waals surface area contributed by atoms with Gasteiger partial charge in [0.15, 0.2) is 0 Å². The lowest BCUT2D eigenvalue weighted by molar-refractivity contribution is -0.113. The Morgan fingerprint density at radius 1 is 1.18 bits per heavy atom. The van der Waals surface area contributed by atoms with Crippen LogP contribution < -0.4 is 5.32 Å². The smallest absolute Gasteiger partial charge is 0.234 e. The molecule has 0 unspecified atom stereocenters. The highest BCUT2D eigenvalue weighted by Crippen LogP contribution is 2.22. The van der Waals surface area contributed by atoms with Crippen LogP contribution in [0.2, 0.25) is 0 Å². The molecule has 0 saturated heterocycles. The number of nitrogens with one attached hydrogen (secondary N) is 1. The molecule has 1 N–H and O–H groups in total. The maximum Gasteiger partial charge on any atom is 0.234 e. The standard InChI is InChI=1S/C18H20FNOS/c1-3-13(2)14-8-10-15(11-9-14)20-18(21)12-22-17-7-5-4-6-16(17)19/h4-11,13H,3,12H2,1-2H3,(H,20,21)/t13-/m1/s1. The van der Waals surface area contributed by atoms with Crippen LogP contribution in [0.3, 0.4) is 0 Å². The first-order valence-electron chi connectivity index (χ1n) is 7.37. The normalized spacial score (nSPS) is 12.0. The molecule has 1 amide bonds. The zero-order valence-corrected chi connectivity index (χ0v) is 13.6. The van der Waals surface area contributed by atoms with E-state index in [-0.39, 0.29) is 17.5 Å². The van der Waals surface area contributed by atoms with Gasteiger partial charge in [0.05, 0.1) is 5.75 Å². The summed E-state index contributed by atoms with van der Waals surface area (Å²) >= 11 is 1.20. The maximum absolute atomic E-state index is 13.5. The Morgan fingerprint density at radius 2 is 1.86 bits per heavy atom. The Morgan fingerprint density at radius 3 is 2.50 bits per heavy atom. The van der Waals surface area contributed by atoms with Crippen molar-refractivity contribution in [2.24, 2.45) is 0 Å². The minimum absolute atomic E-state index is 0.135. The molecule has 0 aliphatic heterocycles. The van der Waals surface area contributed by atoms with Crippen molar-refractivity contribution in [3.8, 4) is 0 Å². The number of amides is 1. The maximum atomic E-state index is 13.5. The predicted molar refractivity (Wildman–Crippen MR) is 90.9 cm³/mol. The first kappa shape index (κ1) is 16.6. The number of carbonyl (C=O) groups is 1. The van der Waals surface area contributed by atoms with Gasteiger partial charge in [0.1, 0.15) is 5.82 Å². The summed E-state index contributed by atoms with van der Waals surface area (Å²) in [5, 5.41) is 2.83. The van der Waals surface area contributed by atoms with Gasteiger partial charge in [-0.15, -0.1) is 11.8 Å². The lowest BCUT2D eigenvalue weighted by Gasteiger charge is -2.10. The van der Waals surface area contributed by atoms with Crippen LogP contribution in [0.25, 0.3) is 0 Å². The fourth-order valence-electron chi connectivity index (χ4n) is 2.03. The van der Waals surface area contributed by atoms with E-state index in [0.717, 1.165) is 12.1 Å². The topological polar surface area (TPSA) is 29.1 Å². The quantitative estimate of drug-likeness (QED) is 0.754. The van der Waals surface area contributed by atoms with Crippen LogP contribution in [0.15, 0.2) is 53.4 Å². The molecular weight excluding hydrogens is 297 g/mol. The molecule has 1 atom stereocenters. The molecule has 22 heavy (non-hydrogen) atoms. The van der Waals surface area contributed by atoms with Crippen molar-refractivity contribution in [1.82, 2.24) is 0 Å². The molecule has 0 bridgehead atoms. The third-order valence-electron chi connectivity index (χ3n) is 3.57. The Hall–Kier alpha value is -1.81. The van der Waals surface area contributed by atoms with Gasteiger partial charge in [-0.3, -0.25) is 4.79 Å². The third kappa shape index (κ3) is 4.60. The van der Waals surface area contributed by atoms with E-state index < -0.39 is 0 Å². The lowest BCUT2D eigenvalue weighted by Crippen LogP contribution is -2.14. The fourth-order valence-corrected chi connectivity index (χ4v) is 2.77. The van der Waals surface area contributed by atoms with Crippen molar-refractivity contribution in [3.05, 3.63) is 59.9 Å². The Bertz CT molecular complexity index is 627. The molecule has 0 radical (unpaired) electrons. The van der Waals surface area contributed by atoms with Gasteiger partial charge in [-0.05, 0) is 42.2 Å². The number of hydrogen-bond donors (Lipinski definition) is 1. The van der Waals surface area contributed by atoms with Crippen molar-refractivity contribution >= 4 is 23.4 Å². The van der Waals surface area contributed by atoms with Crippen LogP contribution in [-0.2, 0) is 4.79 Å². The van der Waals surface area contributed by atoms with Crippen LogP contribution in [0, 0.1) is 5.82 Å². The number of rotatable bonds is 6. The van der Waals surface area contributed by atoms with Crippen molar-refractivity contribution in [2.75, 3.05) is 11.1 Å². The van der Waals surface area contributed by atoms with E-state index in [1.54, 1.807) is 18.2 Å². The van der Waals surface area contributed by atoms with E-state index in [2.05, 4.69) is 19.2 Å². The van der Waals surface area contributed by atoms with Gasteiger partial charge < -0.3 is 5.32 Å². The van der Waals surface area contributed by atoms with Gasteiger partial charge in [0, 0.05) is 10.6 Å². The molecule has 0 aliphatic carbocycles. The summed E-state index contributed by atoms with van der Waals surface area (Å²) in [6.45, 7) is 4.33. The molecule has 2 nitrogen and oxygen atoms in total. The SMILES string of the molecule is CC[C@@H](C)c1ccc(NC(=O)CSc2ccccc2F)cc1. The molecule has 0 heterocycles. The minimum Gasteiger partial charge on any atom is -0.325 e. The molecule has 0 saturated carbocycles. The van der Waals surface area contributed by atoms with E-state index in [1.807, 2.05) is 24.3 Å². The second-order valence-electron chi connectivity index (χ2n) is 5.20. The highest BCUT2D eigenvalue weighted by atomic mass is 32.2. The molecule has 0 aliphatic rings. The molecule has 116 valence electrons. The monoisotopic (exact) mass is 317 g/mol. The molecule has 2 aromatic carbocycles. The number of anilines is 1. The van der Waals surface area contributed by atoms with E-state index in [9.17, 15) is 9.18 Å². The van der Waals surface area contributed by atoms with Crippen LogP contribution in [0.1, 0.15) is 31.7 Å². The van der Waals surface area contributed by atoms with Crippen LogP contribution in [-0.4, -0.2) is 11.7 Å². The zero-order valence-electron chi connectivity index (χ0n) is 12.8. The highest BCUT2D eigenvalue weighted by Gasteiger charge is 2.07. The molecule has 2 rings (SSSR count). The summed E-state index contributed by atoms with van der Waals surface area (Å²) in [6.07, 6.45) is 1.09. The summed E-state index contributed by atoms with van der Waals surface area (Å²) in [7, 11) is 0. The molecule has 0 aromatic heterocycles. The van der Waals surface area contributed by atoms with Crippen LogP contribution in [0.5, 0.6) is 0 Å². The first-order chi connectivity index (χ1) is 10.6. The summed E-state index contributed by atoms with van der Waals surface area (Å²) in [6, 6.07) is 14.4. The Kier molecular flexibility index (Phi) is 6.01. The van der Waals surface area contributed by atoms with Crippen LogP contribution >= 0.6 is 11.8 Å². The predicted octanol–water partition coefficient (Wildman–Crippen LogP) is 5.07. The molecular formula is C18H20FNOS. The highest BCUT2D eigenvalue weighted by molar-refractivity contribution is 8.00. The van der Waals surface area contributed by atoms with Crippen molar-refractivity contribution in [1.29, 1.82) is 0 Å². The average molecular weight is 317 g/mol. The Labute approximate surface area is 135 Å². The average Bonchev–Trinajstić information content (AvgIpc) is 2.54. The van der Waals surface area contributed by atoms with Gasteiger partial charge in [-0.25, -0.2) is 4.39 Å². The second-order valence-corrected chi connectivity index (χ2v) is 6.22. The molecule has 0 spiro atoms. The largest absolute Gasteiger partial charge is 0.325 e. The van der Waals surface area contributed by atoms with Crippen LogP contribution in [0.4, 0.5) is 10.1 Å². The number of hydrogen-bond acceptors (Lipinski definition) is 2. The Balaban J connectivity index is 1.88. The number of carbonyl (C=O) groups excluding carboxylic acids is 1. The van der Waals surface area contributed by atoms with Gasteiger partial charge >= 0.3 is 0 Å². The van der Waals surface area contributed by atoms with Crippen molar-refractivity contribution < 1.29 is 9.18 Å². The van der Waals surface area contributed by atoms with E-state index in [4.69, 9.17) is 0 Å². The molecule has 2 aromatic rings. The van der Waals surface area contributed by atoms with E-state index >= 15 is 0 Å². The summed E-state index contributed by atoms with van der Waals surface area (Å²) in [5.74, 6) is 0.276. The van der Waals surface area contributed by atoms with Crippen molar-refractivity contribution in [3.63, 3.8) is 0 Å². The molecule has 4 heteroatoms. The first-order valence-corrected chi connectivity index (χ1v) is 8.36. The summed E-state index contributed by atoms with van der Waals surface area (Å²) in [4.78, 5) is 12.4. The summed E-state index contributed by atoms with van der Waals surface area (Å²) < 4.78 is 13.5. The third-order valence-corrected chi connectivity index (χ3v) is 4.62. The van der Waals surface area contributed by atoms with E-state index in [1.165, 1.54) is 23.4 Å². The van der Waals surface area contributed by atoms with Gasteiger partial charge in [-0.1, -0.05) is 38.1 Å². The van der Waals surface area contributed by atoms with Crippen molar-refractivity contribution in [2.45, 2.75) is 31.1 Å². The zero-order chi connectivity index (χ0) is 15.9. The molecule has 0 fully saturated rings. The van der Waals surface area contributed by atoms with Gasteiger partial charge in [0.2, 0.25) is 5.91 Å². The lowest BCUT2D eigenvalue weighted by atomic mass is 9.99. The second kappa shape index (κ2) is 7.99. The fraction of sp³-hybridized carbons (Fsp3) is 0.278. The van der Waals surface area contributed by atoms with Gasteiger partial charge in [0.25, 0.3) is 0 Å². The minimum atomic E-state index is -0.293.